The molecule has 14 aromatic rings. The highest BCUT2D eigenvalue weighted by atomic mass is 32.1. The molecule has 0 bridgehead atoms. The van der Waals surface area contributed by atoms with Crippen LogP contribution in [-0.2, 0) is 0 Å². The van der Waals surface area contributed by atoms with E-state index in [0.717, 1.165) is 77.1 Å². The molecule has 0 fully saturated rings. The van der Waals surface area contributed by atoms with E-state index in [1.807, 2.05) is 18.2 Å². The van der Waals surface area contributed by atoms with Crippen molar-refractivity contribution in [1.29, 1.82) is 0 Å². The third-order valence-corrected chi connectivity index (χ3v) is 14.0. The highest BCUT2D eigenvalue weighted by Crippen LogP contribution is 2.47. The number of nitrogens with zero attached hydrogens (tertiary/aromatic N) is 6. The van der Waals surface area contributed by atoms with Gasteiger partial charge in [-0.25, -0.2) is 4.98 Å². The predicted octanol–water partition coefficient (Wildman–Crippen LogP) is 14.9. The first-order chi connectivity index (χ1) is 31.8. The van der Waals surface area contributed by atoms with Gasteiger partial charge in [0, 0.05) is 69.3 Å². The van der Waals surface area contributed by atoms with Gasteiger partial charge in [0.15, 0.2) is 11.6 Å². The number of benzene rings is 9. The Morgan fingerprint density at radius 3 is 1.53 bits per heavy atom. The summed E-state index contributed by atoms with van der Waals surface area (Å²) in [7, 11) is 0. The minimum absolute atomic E-state index is 0.555. The molecule has 0 amide bonds. The van der Waals surface area contributed by atoms with E-state index >= 15 is 0 Å². The molecule has 0 radical (unpaired) electrons. The van der Waals surface area contributed by atoms with E-state index in [4.69, 9.17) is 15.0 Å². The molecule has 14 rings (SSSR count). The van der Waals surface area contributed by atoms with E-state index in [9.17, 15) is 0 Å². The zero-order valence-corrected chi connectivity index (χ0v) is 35.0. The Kier molecular flexibility index (Phi) is 7.46. The molecule has 0 aliphatic heterocycles. The Bertz CT molecular complexity index is 4140. The van der Waals surface area contributed by atoms with Gasteiger partial charge in [-0.2, -0.15) is 9.97 Å². The molecule has 9 aromatic carbocycles. The maximum Gasteiger partial charge on any atom is 0.238 e. The summed E-state index contributed by atoms with van der Waals surface area (Å²) in [5, 5.41) is 9.42. The lowest BCUT2D eigenvalue weighted by Crippen LogP contribution is -2.08. The zero-order valence-electron chi connectivity index (χ0n) is 34.2. The summed E-state index contributed by atoms with van der Waals surface area (Å²) in [4.78, 5) is 16.2. The fourth-order valence-corrected chi connectivity index (χ4v) is 11.3. The van der Waals surface area contributed by atoms with Crippen LogP contribution in [0.25, 0.3) is 126 Å². The number of rotatable bonds is 5. The topological polar surface area (TPSA) is 53.5 Å². The molecule has 5 heterocycles. The Hall–Kier alpha value is -8.39. The molecular weight excluding hydrogens is 801 g/mol. The molecule has 0 saturated carbocycles. The Morgan fingerprint density at radius 2 is 0.844 bits per heavy atom. The fraction of sp³-hybridized carbons (Fsp3) is 0. The second kappa shape index (κ2) is 13.6. The van der Waals surface area contributed by atoms with Crippen LogP contribution in [0, 0.1) is 0 Å². The van der Waals surface area contributed by atoms with Crippen molar-refractivity contribution in [2.45, 2.75) is 0 Å². The fourth-order valence-electron chi connectivity index (χ4n) is 10.2. The number of fused-ring (bicyclic) bond motifs is 12. The number of aromatic nitrogens is 6. The van der Waals surface area contributed by atoms with Crippen LogP contribution < -0.4 is 0 Å². The lowest BCUT2D eigenvalue weighted by atomic mass is 10.1. The van der Waals surface area contributed by atoms with Crippen molar-refractivity contribution in [3.05, 3.63) is 206 Å². The number of hydrogen-bond donors (Lipinski definition) is 0. The highest BCUT2D eigenvalue weighted by Gasteiger charge is 2.28. The first-order valence-corrected chi connectivity index (χ1v) is 22.4. The van der Waals surface area contributed by atoms with Gasteiger partial charge in [-0.3, -0.25) is 4.57 Å². The second-order valence-electron chi connectivity index (χ2n) is 16.4. The van der Waals surface area contributed by atoms with Crippen molar-refractivity contribution in [3.8, 4) is 40.1 Å². The van der Waals surface area contributed by atoms with E-state index in [-0.39, 0.29) is 0 Å². The van der Waals surface area contributed by atoms with Crippen molar-refractivity contribution in [1.82, 2.24) is 28.7 Å². The second-order valence-corrected chi connectivity index (χ2v) is 17.5. The summed E-state index contributed by atoms with van der Waals surface area (Å²) in [5.41, 5.74) is 10.6. The summed E-state index contributed by atoms with van der Waals surface area (Å²) >= 11 is 1.80. The molecule has 0 atom stereocenters. The monoisotopic (exact) mass is 834 g/mol. The standard InChI is InChI=1S/C57H34N6S/c1-3-17-35(18-4-1)55-58-56(36-31-32-42-41-24-11-16-30-50(41)64-51(42)33-36)60-57(59-55)63-47-28-14-9-23-40(47)44-34-49-52(43-25-10-15-29-48(43)61(49)37-19-5-2-6-20-37)54(53(44)63)62-45-26-12-7-21-38(45)39-22-8-13-27-46(39)62/h1-34H. The Balaban J connectivity index is 1.18. The lowest BCUT2D eigenvalue weighted by Gasteiger charge is -2.17. The van der Waals surface area contributed by atoms with Crippen LogP contribution in [0.1, 0.15) is 0 Å². The van der Waals surface area contributed by atoms with Crippen LogP contribution >= 0.6 is 11.3 Å². The maximum absolute atomic E-state index is 5.51. The van der Waals surface area contributed by atoms with Crippen LogP contribution in [0.4, 0.5) is 0 Å². The molecule has 0 unspecified atom stereocenters. The molecule has 7 heteroatoms. The molecule has 0 aliphatic carbocycles. The largest absolute Gasteiger partial charge is 0.309 e. The van der Waals surface area contributed by atoms with Crippen molar-refractivity contribution < 1.29 is 0 Å². The van der Waals surface area contributed by atoms with Gasteiger partial charge >= 0.3 is 0 Å². The third kappa shape index (κ3) is 5.04. The van der Waals surface area contributed by atoms with Gasteiger partial charge in [0.1, 0.15) is 0 Å². The molecule has 6 nitrogen and oxygen atoms in total. The summed E-state index contributed by atoms with van der Waals surface area (Å²) in [6.45, 7) is 0. The molecule has 0 spiro atoms. The summed E-state index contributed by atoms with van der Waals surface area (Å²) in [6, 6.07) is 73.7. The predicted molar refractivity (Wildman–Crippen MR) is 267 cm³/mol. The van der Waals surface area contributed by atoms with Crippen LogP contribution in [0.5, 0.6) is 0 Å². The smallest absolute Gasteiger partial charge is 0.238 e. The quantitative estimate of drug-likeness (QED) is 0.174. The molecule has 5 aromatic heterocycles. The van der Waals surface area contributed by atoms with E-state index in [1.165, 1.54) is 30.9 Å². The number of thiophene rings is 1. The van der Waals surface area contributed by atoms with Gasteiger partial charge in [0.2, 0.25) is 5.95 Å². The minimum Gasteiger partial charge on any atom is -0.309 e. The Morgan fingerprint density at radius 1 is 0.328 bits per heavy atom. The highest BCUT2D eigenvalue weighted by molar-refractivity contribution is 7.25. The molecular formula is C57H34N6S. The average Bonchev–Trinajstić information content (AvgIpc) is 4.10. The molecule has 0 aliphatic rings. The van der Waals surface area contributed by atoms with Crippen molar-refractivity contribution >= 4 is 96.9 Å². The van der Waals surface area contributed by atoms with Crippen molar-refractivity contribution in [2.24, 2.45) is 0 Å². The Labute approximate surface area is 370 Å². The zero-order chi connectivity index (χ0) is 41.9. The summed E-state index contributed by atoms with van der Waals surface area (Å²) in [6.07, 6.45) is 0. The third-order valence-electron chi connectivity index (χ3n) is 12.9. The van der Waals surface area contributed by atoms with Gasteiger partial charge in [-0.1, -0.05) is 152 Å². The van der Waals surface area contributed by atoms with Crippen molar-refractivity contribution in [2.75, 3.05) is 0 Å². The van der Waals surface area contributed by atoms with Gasteiger partial charge in [-0.05, 0) is 54.6 Å². The van der Waals surface area contributed by atoms with Crippen LogP contribution in [0.3, 0.4) is 0 Å². The molecule has 0 N–H and O–H groups in total. The van der Waals surface area contributed by atoms with E-state index in [2.05, 4.69) is 202 Å². The molecule has 298 valence electrons. The number of hydrogen-bond acceptors (Lipinski definition) is 4. The van der Waals surface area contributed by atoms with Gasteiger partial charge in [0.25, 0.3) is 0 Å². The van der Waals surface area contributed by atoms with Crippen LogP contribution in [0.2, 0.25) is 0 Å². The number of para-hydroxylation sites is 5. The summed E-state index contributed by atoms with van der Waals surface area (Å²) < 4.78 is 9.67. The SMILES string of the molecule is c1ccc(-c2nc(-c3ccc4c(c3)sc3ccccc34)nc(-n3c4ccccc4c4cc5c(c(-n6c7ccccc7c7ccccc76)c43)c3ccccc3n5-c3ccccc3)n2)cc1. The molecule has 0 saturated heterocycles. The van der Waals surface area contributed by atoms with Crippen LogP contribution in [-0.4, -0.2) is 28.7 Å². The maximum atomic E-state index is 5.51. The normalized spacial score (nSPS) is 12.1. The van der Waals surface area contributed by atoms with E-state index in [0.29, 0.717) is 17.6 Å². The van der Waals surface area contributed by atoms with E-state index < -0.39 is 0 Å². The van der Waals surface area contributed by atoms with Gasteiger partial charge in [-0.15, -0.1) is 11.3 Å². The van der Waals surface area contributed by atoms with E-state index in [1.54, 1.807) is 11.3 Å². The first kappa shape index (κ1) is 35.2. The van der Waals surface area contributed by atoms with Gasteiger partial charge < -0.3 is 9.13 Å². The molecule has 64 heavy (non-hydrogen) atoms. The summed E-state index contributed by atoms with van der Waals surface area (Å²) in [5.74, 6) is 1.79. The average molecular weight is 835 g/mol. The van der Waals surface area contributed by atoms with Crippen molar-refractivity contribution in [3.63, 3.8) is 0 Å². The van der Waals surface area contributed by atoms with Crippen LogP contribution in [0.15, 0.2) is 206 Å². The van der Waals surface area contributed by atoms with Gasteiger partial charge in [0.05, 0.1) is 38.8 Å². The lowest BCUT2D eigenvalue weighted by molar-refractivity contribution is 0.951. The first-order valence-electron chi connectivity index (χ1n) is 21.5. The minimum atomic E-state index is 0.555.